The van der Waals surface area contributed by atoms with Gasteiger partial charge in [-0.2, -0.15) is 0 Å². The predicted molar refractivity (Wildman–Crippen MR) is 80.7 cm³/mol. The van der Waals surface area contributed by atoms with E-state index in [0.717, 1.165) is 18.8 Å². The van der Waals surface area contributed by atoms with E-state index in [0.29, 0.717) is 13.1 Å². The van der Waals surface area contributed by atoms with E-state index >= 15 is 0 Å². The Bertz CT molecular complexity index is 280. The van der Waals surface area contributed by atoms with Crippen molar-refractivity contribution in [3.8, 4) is 0 Å². The van der Waals surface area contributed by atoms with Crippen molar-refractivity contribution in [1.29, 1.82) is 0 Å². The third kappa shape index (κ3) is 13.2. The smallest absolute Gasteiger partial charge is 0.314 e. The molecule has 0 aliphatic rings. The van der Waals surface area contributed by atoms with Crippen molar-refractivity contribution in [1.82, 2.24) is 10.6 Å². The highest BCUT2D eigenvalue weighted by Gasteiger charge is 2.08. The Morgan fingerprint density at radius 3 is 2.25 bits per heavy atom. The second-order valence-electron chi connectivity index (χ2n) is 5.94. The number of rotatable bonds is 11. The number of urea groups is 1. The van der Waals surface area contributed by atoms with Crippen LogP contribution in [0.3, 0.4) is 0 Å². The van der Waals surface area contributed by atoms with E-state index in [2.05, 4.69) is 24.5 Å². The number of carbonyl (C=O) groups excluding carboxylic acids is 1. The number of carbonyl (C=O) groups is 2. The molecule has 5 heteroatoms. The Kier molecular flexibility index (Phi) is 10.8. The van der Waals surface area contributed by atoms with Crippen LogP contribution >= 0.6 is 0 Å². The van der Waals surface area contributed by atoms with Gasteiger partial charge in [-0.15, -0.1) is 0 Å². The van der Waals surface area contributed by atoms with Gasteiger partial charge in [-0.1, -0.05) is 46.5 Å². The molecule has 0 heterocycles. The van der Waals surface area contributed by atoms with Gasteiger partial charge in [-0.3, -0.25) is 4.79 Å². The second kappa shape index (κ2) is 11.6. The van der Waals surface area contributed by atoms with Crippen LogP contribution in [0.2, 0.25) is 0 Å². The summed E-state index contributed by atoms with van der Waals surface area (Å²) in [5.41, 5.74) is 0. The van der Waals surface area contributed by atoms with Gasteiger partial charge >= 0.3 is 12.0 Å². The van der Waals surface area contributed by atoms with E-state index in [1.165, 1.54) is 19.3 Å². The molecule has 118 valence electrons. The summed E-state index contributed by atoms with van der Waals surface area (Å²) in [4.78, 5) is 21.9. The van der Waals surface area contributed by atoms with E-state index in [1.807, 2.05) is 6.92 Å². The molecule has 0 aromatic heterocycles. The topological polar surface area (TPSA) is 78.4 Å². The quantitative estimate of drug-likeness (QED) is 0.511. The maximum atomic E-state index is 11.4. The molecule has 3 N–H and O–H groups in total. The Morgan fingerprint density at radius 2 is 1.65 bits per heavy atom. The van der Waals surface area contributed by atoms with Gasteiger partial charge in [0.1, 0.15) is 0 Å². The van der Waals surface area contributed by atoms with Crippen LogP contribution in [0.4, 0.5) is 4.79 Å². The third-order valence-corrected chi connectivity index (χ3v) is 3.13. The van der Waals surface area contributed by atoms with Gasteiger partial charge in [0.25, 0.3) is 0 Å². The maximum Gasteiger partial charge on any atom is 0.314 e. The zero-order valence-corrected chi connectivity index (χ0v) is 13.1. The molecule has 0 rings (SSSR count). The van der Waals surface area contributed by atoms with Gasteiger partial charge in [0.05, 0.1) is 0 Å². The van der Waals surface area contributed by atoms with Crippen LogP contribution in [0, 0.1) is 11.8 Å². The molecule has 0 saturated carbocycles. The molecule has 20 heavy (non-hydrogen) atoms. The van der Waals surface area contributed by atoms with Crippen LogP contribution in [0.1, 0.15) is 59.3 Å². The lowest BCUT2D eigenvalue weighted by Gasteiger charge is -2.11. The Labute approximate surface area is 122 Å². The van der Waals surface area contributed by atoms with Crippen molar-refractivity contribution in [2.24, 2.45) is 11.8 Å². The average Bonchev–Trinajstić information content (AvgIpc) is 2.34. The summed E-state index contributed by atoms with van der Waals surface area (Å²) in [6, 6.07) is -0.204. The number of amides is 2. The van der Waals surface area contributed by atoms with Crippen LogP contribution in [0.25, 0.3) is 0 Å². The zero-order chi connectivity index (χ0) is 15.4. The highest BCUT2D eigenvalue weighted by atomic mass is 16.4. The summed E-state index contributed by atoms with van der Waals surface area (Å²) >= 11 is 0. The minimum absolute atomic E-state index is 0.0470. The molecule has 5 nitrogen and oxygen atoms in total. The standard InChI is InChI=1S/C15H30N2O3/c1-12(2)8-6-4-5-7-9-16-15(20)17-11-13(3)10-14(18)19/h12-13H,4-11H2,1-3H3,(H,18,19)(H2,16,17,20). The van der Waals surface area contributed by atoms with Gasteiger partial charge in [-0.25, -0.2) is 4.79 Å². The lowest BCUT2D eigenvalue weighted by Crippen LogP contribution is -2.38. The van der Waals surface area contributed by atoms with E-state index in [1.54, 1.807) is 0 Å². The Hall–Kier alpha value is -1.26. The molecule has 0 saturated heterocycles. The van der Waals surface area contributed by atoms with Crippen molar-refractivity contribution in [2.45, 2.75) is 59.3 Å². The summed E-state index contributed by atoms with van der Waals surface area (Å²) in [5, 5.41) is 14.1. The molecular weight excluding hydrogens is 256 g/mol. The summed E-state index contributed by atoms with van der Waals surface area (Å²) in [6.07, 6.45) is 5.97. The van der Waals surface area contributed by atoms with Crippen LogP contribution in [0.5, 0.6) is 0 Å². The highest BCUT2D eigenvalue weighted by Crippen LogP contribution is 2.08. The average molecular weight is 286 g/mol. The highest BCUT2D eigenvalue weighted by molar-refractivity contribution is 5.73. The lowest BCUT2D eigenvalue weighted by atomic mass is 10.0. The van der Waals surface area contributed by atoms with Crippen LogP contribution in [-0.4, -0.2) is 30.2 Å². The van der Waals surface area contributed by atoms with E-state index in [9.17, 15) is 9.59 Å². The maximum absolute atomic E-state index is 11.4. The number of carboxylic acids is 1. The van der Waals surface area contributed by atoms with Gasteiger partial charge in [0, 0.05) is 19.5 Å². The molecule has 1 atom stereocenters. The van der Waals surface area contributed by atoms with Gasteiger partial charge in [0.2, 0.25) is 0 Å². The summed E-state index contributed by atoms with van der Waals surface area (Å²) in [6.45, 7) is 7.35. The van der Waals surface area contributed by atoms with Crippen molar-refractivity contribution >= 4 is 12.0 Å². The molecule has 0 spiro atoms. The third-order valence-electron chi connectivity index (χ3n) is 3.13. The monoisotopic (exact) mass is 286 g/mol. The number of unbranched alkanes of at least 4 members (excludes halogenated alkanes) is 3. The number of carboxylic acid groups (broad SMARTS) is 1. The first-order chi connectivity index (χ1) is 9.41. The van der Waals surface area contributed by atoms with Crippen LogP contribution in [-0.2, 0) is 4.79 Å². The molecule has 0 aromatic carbocycles. The van der Waals surface area contributed by atoms with Gasteiger partial charge in [0.15, 0.2) is 0 Å². The molecule has 0 aliphatic carbocycles. The van der Waals surface area contributed by atoms with Gasteiger partial charge < -0.3 is 15.7 Å². The number of aliphatic carboxylic acids is 1. The molecule has 0 fully saturated rings. The Balaban J connectivity index is 3.39. The van der Waals surface area contributed by atoms with E-state index in [-0.39, 0.29) is 18.4 Å². The number of nitrogens with one attached hydrogen (secondary N) is 2. The summed E-state index contributed by atoms with van der Waals surface area (Å²) < 4.78 is 0. The second-order valence-corrected chi connectivity index (χ2v) is 5.94. The van der Waals surface area contributed by atoms with Crippen molar-refractivity contribution in [3.05, 3.63) is 0 Å². The molecule has 1 unspecified atom stereocenters. The Morgan fingerprint density at radius 1 is 1.00 bits per heavy atom. The minimum Gasteiger partial charge on any atom is -0.481 e. The van der Waals surface area contributed by atoms with Crippen LogP contribution in [0.15, 0.2) is 0 Å². The number of hydrogen-bond donors (Lipinski definition) is 3. The van der Waals surface area contributed by atoms with Crippen LogP contribution < -0.4 is 10.6 Å². The molecule has 0 aromatic rings. The first kappa shape index (κ1) is 18.7. The zero-order valence-electron chi connectivity index (χ0n) is 13.1. The minimum atomic E-state index is -0.832. The fourth-order valence-electron chi connectivity index (χ4n) is 1.93. The molecule has 0 bridgehead atoms. The summed E-state index contributed by atoms with van der Waals surface area (Å²) in [5.74, 6) is -0.109. The lowest BCUT2D eigenvalue weighted by molar-refractivity contribution is -0.137. The van der Waals surface area contributed by atoms with Crippen molar-refractivity contribution < 1.29 is 14.7 Å². The first-order valence-corrected chi connectivity index (χ1v) is 7.65. The largest absolute Gasteiger partial charge is 0.481 e. The fourth-order valence-corrected chi connectivity index (χ4v) is 1.93. The first-order valence-electron chi connectivity index (χ1n) is 7.65. The fraction of sp³-hybridized carbons (Fsp3) is 0.867. The molecule has 0 aliphatic heterocycles. The molecule has 0 radical (unpaired) electrons. The molecular formula is C15H30N2O3. The molecule has 2 amide bonds. The normalized spacial score (nSPS) is 12.2. The van der Waals surface area contributed by atoms with Crippen molar-refractivity contribution in [3.63, 3.8) is 0 Å². The summed E-state index contributed by atoms with van der Waals surface area (Å²) in [7, 11) is 0. The van der Waals surface area contributed by atoms with E-state index in [4.69, 9.17) is 5.11 Å². The number of hydrogen-bond acceptors (Lipinski definition) is 2. The SMILES string of the molecule is CC(C)CCCCCCNC(=O)NCC(C)CC(=O)O. The van der Waals surface area contributed by atoms with Gasteiger partial charge in [-0.05, 0) is 18.3 Å². The van der Waals surface area contributed by atoms with Crippen molar-refractivity contribution in [2.75, 3.05) is 13.1 Å². The predicted octanol–water partition coefficient (Wildman–Crippen LogP) is 3.00. The van der Waals surface area contributed by atoms with E-state index < -0.39 is 5.97 Å².